The molecular formula is C16H25N3O. The quantitative estimate of drug-likeness (QED) is 0.917. The fourth-order valence-corrected chi connectivity index (χ4v) is 3.53. The highest BCUT2D eigenvalue weighted by molar-refractivity contribution is 5.30. The molecule has 1 aromatic heterocycles. The van der Waals surface area contributed by atoms with Crippen molar-refractivity contribution in [1.82, 2.24) is 15.3 Å². The maximum absolute atomic E-state index is 5.87. The summed E-state index contributed by atoms with van der Waals surface area (Å²) >= 11 is 0. The molecule has 20 heavy (non-hydrogen) atoms. The monoisotopic (exact) mass is 275 g/mol. The lowest BCUT2D eigenvalue weighted by atomic mass is 9.97. The van der Waals surface area contributed by atoms with Crippen molar-refractivity contribution in [3.8, 4) is 0 Å². The van der Waals surface area contributed by atoms with Gasteiger partial charge in [0, 0.05) is 37.9 Å². The topological polar surface area (TPSA) is 47.0 Å². The molecule has 0 atom stereocenters. The third kappa shape index (κ3) is 2.35. The van der Waals surface area contributed by atoms with Crippen LogP contribution in [0.5, 0.6) is 0 Å². The van der Waals surface area contributed by atoms with Gasteiger partial charge in [-0.15, -0.1) is 0 Å². The predicted octanol–water partition coefficient (Wildman–Crippen LogP) is 2.49. The summed E-state index contributed by atoms with van der Waals surface area (Å²) in [6.07, 6.45) is 7.75. The zero-order valence-electron chi connectivity index (χ0n) is 12.7. The van der Waals surface area contributed by atoms with E-state index in [1.807, 2.05) is 7.11 Å². The molecule has 3 rings (SSSR count). The molecule has 4 heteroatoms. The molecule has 0 bridgehead atoms. The van der Waals surface area contributed by atoms with Crippen molar-refractivity contribution in [3.05, 3.63) is 22.8 Å². The molecule has 0 amide bonds. The molecule has 1 aliphatic heterocycles. The van der Waals surface area contributed by atoms with Crippen LogP contribution in [0.1, 0.15) is 61.8 Å². The van der Waals surface area contributed by atoms with Crippen LogP contribution in [-0.4, -0.2) is 23.6 Å². The summed E-state index contributed by atoms with van der Waals surface area (Å²) in [5, 5.41) is 3.44. The average Bonchev–Trinajstić information content (AvgIpc) is 2.97. The number of nitrogens with zero attached hydrogens (tertiary/aromatic N) is 2. The first-order chi connectivity index (χ1) is 9.79. The minimum Gasteiger partial charge on any atom is -0.370 e. The van der Waals surface area contributed by atoms with E-state index in [0.717, 1.165) is 51.0 Å². The van der Waals surface area contributed by atoms with Gasteiger partial charge in [0.05, 0.1) is 5.69 Å². The molecule has 110 valence electrons. The largest absolute Gasteiger partial charge is 0.370 e. The Balaban J connectivity index is 2.05. The molecule has 0 aromatic carbocycles. The third-order valence-electron chi connectivity index (χ3n) is 4.72. The summed E-state index contributed by atoms with van der Waals surface area (Å²) in [5.41, 5.74) is 3.61. The Morgan fingerprint density at radius 2 is 2.05 bits per heavy atom. The summed E-state index contributed by atoms with van der Waals surface area (Å²) in [6, 6.07) is 0. The third-order valence-corrected chi connectivity index (χ3v) is 4.72. The van der Waals surface area contributed by atoms with E-state index in [2.05, 4.69) is 12.2 Å². The molecule has 1 aromatic rings. The Kier molecular flexibility index (Phi) is 4.03. The maximum atomic E-state index is 5.87. The lowest BCUT2D eigenvalue weighted by Crippen LogP contribution is -2.32. The van der Waals surface area contributed by atoms with Crippen molar-refractivity contribution in [1.29, 1.82) is 0 Å². The number of hydrogen-bond acceptors (Lipinski definition) is 4. The van der Waals surface area contributed by atoms with Crippen LogP contribution in [0.2, 0.25) is 0 Å². The number of aryl methyl sites for hydroxylation is 1. The predicted molar refractivity (Wildman–Crippen MR) is 78.6 cm³/mol. The molecule has 2 heterocycles. The second-order valence-electron chi connectivity index (χ2n) is 6.00. The normalized spacial score (nSPS) is 20.9. The number of hydrogen-bond donors (Lipinski definition) is 1. The van der Waals surface area contributed by atoms with Crippen LogP contribution in [0.25, 0.3) is 0 Å². The van der Waals surface area contributed by atoms with E-state index >= 15 is 0 Å². The minimum atomic E-state index is -0.220. The van der Waals surface area contributed by atoms with Gasteiger partial charge in [-0.05, 0) is 32.1 Å². The second-order valence-corrected chi connectivity index (χ2v) is 6.00. The smallest absolute Gasteiger partial charge is 0.160 e. The summed E-state index contributed by atoms with van der Waals surface area (Å²) in [5.74, 6) is 0.946. The second kappa shape index (κ2) is 5.78. The highest BCUT2D eigenvalue weighted by Crippen LogP contribution is 2.40. The maximum Gasteiger partial charge on any atom is 0.160 e. The molecule has 0 saturated heterocycles. The lowest BCUT2D eigenvalue weighted by molar-refractivity contribution is -0.0167. The van der Waals surface area contributed by atoms with Crippen LogP contribution >= 0.6 is 0 Å². The number of fused-ring (bicyclic) bond motifs is 1. The fourth-order valence-electron chi connectivity index (χ4n) is 3.53. The van der Waals surface area contributed by atoms with Crippen molar-refractivity contribution in [2.45, 2.75) is 64.0 Å². The zero-order chi connectivity index (χ0) is 14.0. The summed E-state index contributed by atoms with van der Waals surface area (Å²) in [7, 11) is 1.81. The Morgan fingerprint density at radius 1 is 1.25 bits per heavy atom. The van der Waals surface area contributed by atoms with Crippen LogP contribution in [0.3, 0.4) is 0 Å². The Bertz CT molecular complexity index is 481. The van der Waals surface area contributed by atoms with E-state index in [-0.39, 0.29) is 5.60 Å². The van der Waals surface area contributed by atoms with Gasteiger partial charge >= 0.3 is 0 Å². The van der Waals surface area contributed by atoms with Gasteiger partial charge in [0.15, 0.2) is 5.82 Å². The molecule has 1 N–H and O–H groups in total. The number of rotatable bonds is 4. The molecule has 1 fully saturated rings. The molecule has 1 aliphatic carbocycles. The highest BCUT2D eigenvalue weighted by atomic mass is 16.5. The van der Waals surface area contributed by atoms with Gasteiger partial charge in [-0.2, -0.15) is 0 Å². The summed E-state index contributed by atoms with van der Waals surface area (Å²) < 4.78 is 5.87. The van der Waals surface area contributed by atoms with Crippen LogP contribution in [0.4, 0.5) is 0 Å². The van der Waals surface area contributed by atoms with E-state index in [0.29, 0.717) is 0 Å². The van der Waals surface area contributed by atoms with Crippen molar-refractivity contribution in [2.24, 2.45) is 0 Å². The van der Waals surface area contributed by atoms with E-state index < -0.39 is 0 Å². The summed E-state index contributed by atoms with van der Waals surface area (Å²) in [6.45, 7) is 4.16. The molecule has 0 unspecified atom stereocenters. The number of nitrogens with one attached hydrogen (secondary N) is 1. The van der Waals surface area contributed by atoms with Gasteiger partial charge < -0.3 is 10.1 Å². The van der Waals surface area contributed by atoms with Gasteiger partial charge in [-0.3, -0.25) is 0 Å². The van der Waals surface area contributed by atoms with E-state index in [1.54, 1.807) is 0 Å². The van der Waals surface area contributed by atoms with Gasteiger partial charge in [-0.1, -0.05) is 13.3 Å². The van der Waals surface area contributed by atoms with Crippen molar-refractivity contribution >= 4 is 0 Å². The lowest BCUT2D eigenvalue weighted by Gasteiger charge is -2.28. The molecule has 1 saturated carbocycles. The van der Waals surface area contributed by atoms with Gasteiger partial charge in [-0.25, -0.2) is 9.97 Å². The van der Waals surface area contributed by atoms with Crippen LogP contribution in [0.15, 0.2) is 0 Å². The van der Waals surface area contributed by atoms with E-state index in [9.17, 15) is 0 Å². The standard InChI is InChI=1S/C16H25N3O/c1-3-6-13-12-11-17-10-7-14(12)19-15(18-13)16(20-2)8-4-5-9-16/h17H,3-11H2,1-2H3. The molecule has 2 aliphatic rings. The molecule has 4 nitrogen and oxygen atoms in total. The first-order valence-corrected chi connectivity index (χ1v) is 7.94. The molecule has 0 radical (unpaired) electrons. The SMILES string of the molecule is CCCc1nc(C2(OC)CCCC2)nc2c1CNCC2. The van der Waals surface area contributed by atoms with Crippen molar-refractivity contribution < 1.29 is 4.74 Å². The van der Waals surface area contributed by atoms with E-state index in [1.165, 1.54) is 29.8 Å². The Hall–Kier alpha value is -1.00. The van der Waals surface area contributed by atoms with E-state index in [4.69, 9.17) is 14.7 Å². The Morgan fingerprint density at radius 3 is 2.75 bits per heavy atom. The number of aromatic nitrogens is 2. The summed E-state index contributed by atoms with van der Waals surface area (Å²) in [4.78, 5) is 9.83. The number of ether oxygens (including phenoxy) is 1. The van der Waals surface area contributed by atoms with Crippen molar-refractivity contribution in [2.75, 3.05) is 13.7 Å². The van der Waals surface area contributed by atoms with Crippen LogP contribution in [-0.2, 0) is 29.7 Å². The van der Waals surface area contributed by atoms with Gasteiger partial charge in [0.2, 0.25) is 0 Å². The average molecular weight is 275 g/mol. The zero-order valence-corrected chi connectivity index (χ0v) is 12.7. The van der Waals surface area contributed by atoms with Gasteiger partial charge in [0.25, 0.3) is 0 Å². The number of methoxy groups -OCH3 is 1. The van der Waals surface area contributed by atoms with Crippen molar-refractivity contribution in [3.63, 3.8) is 0 Å². The minimum absolute atomic E-state index is 0.220. The first-order valence-electron chi connectivity index (χ1n) is 7.94. The van der Waals surface area contributed by atoms with Crippen LogP contribution in [0, 0.1) is 0 Å². The highest BCUT2D eigenvalue weighted by Gasteiger charge is 2.39. The van der Waals surface area contributed by atoms with Gasteiger partial charge in [0.1, 0.15) is 5.60 Å². The Labute approximate surface area is 121 Å². The first kappa shape index (κ1) is 14.0. The molecule has 0 spiro atoms. The fraction of sp³-hybridized carbons (Fsp3) is 0.750. The van der Waals surface area contributed by atoms with Crippen LogP contribution < -0.4 is 5.32 Å². The molecular weight excluding hydrogens is 250 g/mol.